The van der Waals surface area contributed by atoms with Gasteiger partial charge in [-0.05, 0) is 0 Å². The molecular weight excluding hydrogens is 449 g/mol. The standard InChI is InChI=1S/Ba.FH.Hf.Na.Zr.3H/h;1H;;;;;;/q+2;;;+1;;3*-1. The maximum Gasteiger partial charge on any atom is 2.00 e. The second kappa shape index (κ2) is 24.0. The van der Waals surface area contributed by atoms with Gasteiger partial charge in [0.1, 0.15) is 0 Å². The summed E-state index contributed by atoms with van der Waals surface area (Å²) in [5, 5.41) is 0. The molecule has 0 aliphatic carbocycles. The molecule has 0 aliphatic rings. The first-order valence-electron chi connectivity index (χ1n) is 0. The van der Waals surface area contributed by atoms with Crippen LogP contribution in [0.4, 0.5) is 4.70 Å². The number of halogens is 1. The van der Waals surface area contributed by atoms with Crippen molar-refractivity contribution in [3.05, 3.63) is 0 Å². The Kier molecular flexibility index (Phi) is 167. The Balaban J connectivity index is 0. The molecule has 0 aromatic carbocycles. The van der Waals surface area contributed by atoms with Crippen molar-refractivity contribution in [2.75, 3.05) is 0 Å². The molecular formula is H4BaFHfNaZr. The van der Waals surface area contributed by atoms with Crippen LogP contribution in [0.1, 0.15) is 4.28 Å². The topological polar surface area (TPSA) is 0 Å². The first kappa shape index (κ1) is 34.8. The van der Waals surface area contributed by atoms with E-state index in [1.54, 1.807) is 0 Å². The van der Waals surface area contributed by atoms with Gasteiger partial charge in [0.05, 0.1) is 0 Å². The zero-order valence-electron chi connectivity index (χ0n) is 6.12. The van der Waals surface area contributed by atoms with E-state index in [4.69, 9.17) is 0 Å². The van der Waals surface area contributed by atoms with Crippen LogP contribution in [0.25, 0.3) is 0 Å². The molecule has 0 fully saturated rings. The molecule has 0 spiro atoms. The van der Waals surface area contributed by atoms with Crippen LogP contribution in [0.5, 0.6) is 0 Å². The zero-order chi connectivity index (χ0) is 0. The number of hydrogen-bond acceptors (Lipinski definition) is 0. The largest absolute Gasteiger partial charge is 2.00 e. The third-order valence-corrected chi connectivity index (χ3v) is 0. The maximum absolute atomic E-state index is 0. The summed E-state index contributed by atoms with van der Waals surface area (Å²) < 4.78 is 0. The average molecular weight is 453 g/mol. The summed E-state index contributed by atoms with van der Waals surface area (Å²) in [6.45, 7) is 0. The van der Waals surface area contributed by atoms with E-state index in [1.807, 2.05) is 0 Å². The van der Waals surface area contributed by atoms with Crippen LogP contribution >= 0.6 is 0 Å². The molecule has 0 radical (unpaired) electrons. The van der Waals surface area contributed by atoms with Crippen LogP contribution < -0.4 is 29.6 Å². The van der Waals surface area contributed by atoms with Crippen LogP contribution in [-0.4, -0.2) is 48.9 Å². The van der Waals surface area contributed by atoms with Crippen LogP contribution in [0.3, 0.4) is 0 Å². The molecule has 0 aromatic heterocycles. The Labute approximate surface area is 136 Å². The molecule has 0 aromatic rings. The second-order valence-corrected chi connectivity index (χ2v) is 0. The average Bonchev–Trinajstić information content (AvgIpc) is 0. The van der Waals surface area contributed by atoms with Gasteiger partial charge in [0, 0.05) is 52.0 Å². The molecule has 0 saturated carbocycles. The van der Waals surface area contributed by atoms with Crippen molar-refractivity contribution in [1.29, 1.82) is 0 Å². The Morgan fingerprint density at radius 1 is 1.20 bits per heavy atom. The normalized spacial score (nSPS) is 0. The minimum Gasteiger partial charge on any atom is -1.00 e. The summed E-state index contributed by atoms with van der Waals surface area (Å²) >= 11 is 0. The molecule has 0 amide bonds. The maximum atomic E-state index is 0. The van der Waals surface area contributed by atoms with Gasteiger partial charge in [-0.25, -0.2) is 0 Å². The van der Waals surface area contributed by atoms with Gasteiger partial charge in [0.15, 0.2) is 0 Å². The van der Waals surface area contributed by atoms with Gasteiger partial charge in [-0.1, -0.05) is 0 Å². The van der Waals surface area contributed by atoms with E-state index in [2.05, 4.69) is 0 Å². The third-order valence-electron chi connectivity index (χ3n) is 0. The molecule has 0 bridgehead atoms. The summed E-state index contributed by atoms with van der Waals surface area (Å²) in [6, 6.07) is 0. The van der Waals surface area contributed by atoms with E-state index in [9.17, 15) is 0 Å². The Bertz CT molecular complexity index is 19.2. The van der Waals surface area contributed by atoms with Gasteiger partial charge >= 0.3 is 78.4 Å². The Hall–Kier alpha value is 4.25. The van der Waals surface area contributed by atoms with Crippen LogP contribution in [0.15, 0.2) is 0 Å². The fourth-order valence-electron chi connectivity index (χ4n) is 0. The molecule has 0 N–H and O–H groups in total. The minimum atomic E-state index is 0. The predicted molar refractivity (Wildman–Crippen MR) is 11.6 cm³/mol. The van der Waals surface area contributed by atoms with Crippen molar-refractivity contribution in [3.8, 4) is 0 Å². The molecule has 0 heterocycles. The molecule has 22 valence electrons. The second-order valence-electron chi connectivity index (χ2n) is 0. The van der Waals surface area contributed by atoms with Crippen molar-refractivity contribution < 1.29 is 90.6 Å². The van der Waals surface area contributed by atoms with Gasteiger partial charge in [0.2, 0.25) is 0 Å². The van der Waals surface area contributed by atoms with E-state index in [0.29, 0.717) is 0 Å². The van der Waals surface area contributed by atoms with Crippen molar-refractivity contribution in [1.82, 2.24) is 0 Å². The van der Waals surface area contributed by atoms with Gasteiger partial charge < -0.3 is 4.28 Å². The quantitative estimate of drug-likeness (QED) is 0.346. The first-order chi connectivity index (χ1) is 0. The molecule has 0 atom stereocenters. The van der Waals surface area contributed by atoms with E-state index >= 15 is 0 Å². The molecule has 5 heavy (non-hydrogen) atoms. The summed E-state index contributed by atoms with van der Waals surface area (Å²) in [4.78, 5) is 0. The summed E-state index contributed by atoms with van der Waals surface area (Å²) in [7, 11) is 0. The van der Waals surface area contributed by atoms with Crippen molar-refractivity contribution >= 4 is 48.9 Å². The van der Waals surface area contributed by atoms with Gasteiger partial charge in [-0.15, -0.1) is 0 Å². The molecule has 0 unspecified atom stereocenters. The van der Waals surface area contributed by atoms with E-state index in [1.165, 1.54) is 0 Å². The summed E-state index contributed by atoms with van der Waals surface area (Å²) in [5.41, 5.74) is 0. The third kappa shape index (κ3) is 17.8. The summed E-state index contributed by atoms with van der Waals surface area (Å²) in [6.07, 6.45) is 0. The van der Waals surface area contributed by atoms with Gasteiger partial charge in [-0.3, -0.25) is 4.70 Å². The van der Waals surface area contributed by atoms with Crippen molar-refractivity contribution in [2.45, 2.75) is 0 Å². The number of rotatable bonds is 0. The van der Waals surface area contributed by atoms with E-state index < -0.39 is 0 Å². The van der Waals surface area contributed by atoms with E-state index in [0.717, 1.165) is 0 Å². The van der Waals surface area contributed by atoms with Crippen molar-refractivity contribution in [2.24, 2.45) is 0 Å². The monoisotopic (exact) mass is 454 g/mol. The predicted octanol–water partition coefficient (Wildman–Crippen LogP) is -2.89. The van der Waals surface area contributed by atoms with Crippen molar-refractivity contribution in [3.63, 3.8) is 0 Å². The molecule has 0 aliphatic heterocycles. The fraction of sp³-hybridized carbons (Fsp3) is 0. The summed E-state index contributed by atoms with van der Waals surface area (Å²) in [5.74, 6) is 0. The van der Waals surface area contributed by atoms with Gasteiger partial charge in [0.25, 0.3) is 0 Å². The first-order valence-corrected chi connectivity index (χ1v) is 0. The SMILES string of the molecule is F.[Ba+2].[H-].[H-].[H-].[Hf].[Na+].[Zr]. The van der Waals surface area contributed by atoms with Crippen LogP contribution in [-0.2, 0) is 52.0 Å². The Morgan fingerprint density at radius 2 is 1.20 bits per heavy atom. The number of hydrogen-bond donors (Lipinski definition) is 0. The van der Waals surface area contributed by atoms with Crippen LogP contribution in [0, 0.1) is 0 Å². The smallest absolute Gasteiger partial charge is 1.00 e. The molecule has 0 saturated heterocycles. The van der Waals surface area contributed by atoms with E-state index in [-0.39, 0.29) is 139 Å². The molecule has 0 rings (SSSR count). The molecule has 0 nitrogen and oxygen atoms in total. The zero-order valence-corrected chi connectivity index (χ0v) is 15.6. The van der Waals surface area contributed by atoms with Crippen LogP contribution in [0.2, 0.25) is 0 Å². The molecule has 5 heteroatoms. The Morgan fingerprint density at radius 3 is 1.20 bits per heavy atom. The fourth-order valence-corrected chi connectivity index (χ4v) is 0. The van der Waals surface area contributed by atoms with Gasteiger partial charge in [-0.2, -0.15) is 0 Å². The minimum absolute atomic E-state index is 0.